The summed E-state index contributed by atoms with van der Waals surface area (Å²) >= 11 is 12.2. The van der Waals surface area contributed by atoms with Gasteiger partial charge in [-0.3, -0.25) is 0 Å². The molecular weight excluding hydrogens is 336 g/mol. The Kier molecular flexibility index (Phi) is 3.55. The summed E-state index contributed by atoms with van der Waals surface area (Å²) in [5.74, 6) is 0. The summed E-state index contributed by atoms with van der Waals surface area (Å²) in [5, 5.41) is 3.95. The van der Waals surface area contributed by atoms with Gasteiger partial charge in [0, 0.05) is 27.8 Å². The highest BCUT2D eigenvalue weighted by atomic mass is 35.5. The summed E-state index contributed by atoms with van der Waals surface area (Å²) in [5.41, 5.74) is 6.60. The van der Waals surface area contributed by atoms with Gasteiger partial charge in [0.2, 0.25) is 0 Å². The average Bonchev–Trinajstić information content (AvgIpc) is 2.77. The highest BCUT2D eigenvalue weighted by molar-refractivity contribution is 6.36. The topological polar surface area (TPSA) is 38.0 Å². The van der Waals surface area contributed by atoms with Gasteiger partial charge in [0.25, 0.3) is 0 Å². The van der Waals surface area contributed by atoms with E-state index in [1.165, 1.54) is 12.1 Å². The Hall–Kier alpha value is -1.43. The fourth-order valence-corrected chi connectivity index (χ4v) is 3.35. The summed E-state index contributed by atoms with van der Waals surface area (Å²) < 4.78 is 38.0. The summed E-state index contributed by atoms with van der Waals surface area (Å²) in [7, 11) is 0. The number of rotatable bonds is 1. The molecule has 0 amide bonds. The van der Waals surface area contributed by atoms with E-state index in [2.05, 4.69) is 5.32 Å². The molecule has 3 rings (SSSR count). The molecule has 22 heavy (non-hydrogen) atoms. The van der Waals surface area contributed by atoms with Gasteiger partial charge in [-0.1, -0.05) is 35.3 Å². The minimum absolute atomic E-state index is 0.327. The van der Waals surface area contributed by atoms with Gasteiger partial charge in [0.1, 0.15) is 0 Å². The molecular formula is C15H11Cl2F3N2. The van der Waals surface area contributed by atoms with Crippen LogP contribution in [-0.2, 0) is 11.7 Å². The molecule has 3 N–H and O–H groups in total. The monoisotopic (exact) mass is 346 g/mol. The number of fused-ring (bicyclic) bond motifs is 1. The van der Waals surface area contributed by atoms with E-state index in [0.717, 1.165) is 12.1 Å². The van der Waals surface area contributed by atoms with Crippen molar-refractivity contribution in [1.29, 1.82) is 0 Å². The van der Waals surface area contributed by atoms with E-state index in [4.69, 9.17) is 28.9 Å². The summed E-state index contributed by atoms with van der Waals surface area (Å²) in [6.07, 6.45) is -4.38. The minimum Gasteiger partial charge on any atom is -0.382 e. The molecule has 1 aliphatic rings. The lowest BCUT2D eigenvalue weighted by Crippen LogP contribution is -2.40. The van der Waals surface area contributed by atoms with Gasteiger partial charge in [-0.2, -0.15) is 13.2 Å². The maximum absolute atomic E-state index is 12.7. The molecule has 7 heteroatoms. The number of hydrogen-bond acceptors (Lipinski definition) is 2. The molecule has 1 atom stereocenters. The van der Waals surface area contributed by atoms with Gasteiger partial charge >= 0.3 is 6.18 Å². The zero-order valence-electron chi connectivity index (χ0n) is 11.1. The molecule has 1 heterocycles. The van der Waals surface area contributed by atoms with Gasteiger partial charge in [-0.25, -0.2) is 0 Å². The van der Waals surface area contributed by atoms with Crippen molar-refractivity contribution in [3.8, 4) is 0 Å². The second-order valence-corrected chi connectivity index (χ2v) is 6.05. The predicted octanol–water partition coefficient (Wildman–Crippen LogP) is 4.64. The Labute approximate surface area is 135 Å². The van der Waals surface area contributed by atoms with Gasteiger partial charge < -0.3 is 11.1 Å². The van der Waals surface area contributed by atoms with Crippen LogP contribution in [0.3, 0.4) is 0 Å². The summed E-state index contributed by atoms with van der Waals surface area (Å²) in [6, 6.07) is 8.06. The summed E-state index contributed by atoms with van der Waals surface area (Å²) in [4.78, 5) is 0. The van der Waals surface area contributed by atoms with E-state index < -0.39 is 17.3 Å². The number of alkyl halides is 3. The van der Waals surface area contributed by atoms with E-state index in [1.807, 2.05) is 0 Å². The zero-order chi connectivity index (χ0) is 16.1. The SMILES string of the molecule is NC1(c2ccc(C(F)(F)F)cc2)CNc2cc(Cl)cc(Cl)c21. The first-order valence-corrected chi connectivity index (χ1v) is 7.17. The molecule has 116 valence electrons. The number of nitrogens with two attached hydrogens (primary N) is 1. The molecule has 2 aromatic carbocycles. The molecule has 0 radical (unpaired) electrons. The highest BCUT2D eigenvalue weighted by Crippen LogP contribution is 2.44. The first-order chi connectivity index (χ1) is 10.2. The van der Waals surface area contributed by atoms with Gasteiger partial charge in [-0.15, -0.1) is 0 Å². The van der Waals surface area contributed by atoms with Crippen LogP contribution in [0.25, 0.3) is 0 Å². The maximum atomic E-state index is 12.7. The lowest BCUT2D eigenvalue weighted by atomic mass is 9.85. The van der Waals surface area contributed by atoms with Crippen LogP contribution in [0.4, 0.5) is 18.9 Å². The van der Waals surface area contributed by atoms with E-state index >= 15 is 0 Å². The smallest absolute Gasteiger partial charge is 0.382 e. The Morgan fingerprint density at radius 3 is 2.32 bits per heavy atom. The molecule has 0 fully saturated rings. The van der Waals surface area contributed by atoms with Gasteiger partial charge in [0.15, 0.2) is 0 Å². The van der Waals surface area contributed by atoms with Crippen LogP contribution in [0.2, 0.25) is 10.0 Å². The standard InChI is InChI=1S/C15H11Cl2F3N2/c16-10-5-11(17)13-12(6-10)22-7-14(13,21)8-1-3-9(4-2-8)15(18,19)20/h1-6,22H,7,21H2. The van der Waals surface area contributed by atoms with Crippen molar-refractivity contribution in [2.24, 2.45) is 5.73 Å². The van der Waals surface area contributed by atoms with Crippen molar-refractivity contribution in [1.82, 2.24) is 0 Å². The van der Waals surface area contributed by atoms with Crippen LogP contribution in [-0.4, -0.2) is 6.54 Å². The lowest BCUT2D eigenvalue weighted by Gasteiger charge is -2.26. The van der Waals surface area contributed by atoms with Gasteiger partial charge in [-0.05, 0) is 29.8 Å². The largest absolute Gasteiger partial charge is 0.416 e. The number of nitrogens with one attached hydrogen (secondary N) is 1. The molecule has 1 aliphatic heterocycles. The van der Waals surface area contributed by atoms with Crippen molar-refractivity contribution < 1.29 is 13.2 Å². The van der Waals surface area contributed by atoms with Crippen LogP contribution in [0.15, 0.2) is 36.4 Å². The third kappa shape index (κ3) is 2.43. The molecule has 0 saturated heterocycles. The van der Waals surface area contributed by atoms with Crippen molar-refractivity contribution in [3.63, 3.8) is 0 Å². The van der Waals surface area contributed by atoms with E-state index in [1.54, 1.807) is 12.1 Å². The van der Waals surface area contributed by atoms with Crippen LogP contribution < -0.4 is 11.1 Å². The molecule has 0 spiro atoms. The molecule has 0 bridgehead atoms. The van der Waals surface area contributed by atoms with Crippen LogP contribution >= 0.6 is 23.2 Å². The Bertz CT molecular complexity index is 729. The third-order valence-corrected chi connectivity index (χ3v) is 4.30. The molecule has 0 aliphatic carbocycles. The van der Waals surface area contributed by atoms with Crippen molar-refractivity contribution in [3.05, 3.63) is 63.1 Å². The fraction of sp³-hybridized carbons (Fsp3) is 0.200. The van der Waals surface area contributed by atoms with Crippen molar-refractivity contribution in [2.75, 3.05) is 11.9 Å². The molecule has 2 nitrogen and oxygen atoms in total. The zero-order valence-corrected chi connectivity index (χ0v) is 12.7. The van der Waals surface area contributed by atoms with Crippen LogP contribution in [0.5, 0.6) is 0 Å². The number of halogens is 5. The summed E-state index contributed by atoms with van der Waals surface area (Å²) in [6.45, 7) is 0.327. The second kappa shape index (κ2) is 5.05. The number of anilines is 1. The molecule has 0 aromatic heterocycles. The average molecular weight is 347 g/mol. The van der Waals surface area contributed by atoms with Gasteiger partial charge in [0.05, 0.1) is 11.1 Å². The number of benzene rings is 2. The lowest BCUT2D eigenvalue weighted by molar-refractivity contribution is -0.137. The van der Waals surface area contributed by atoms with Crippen LogP contribution in [0, 0.1) is 0 Å². The minimum atomic E-state index is -4.38. The molecule has 0 saturated carbocycles. The third-order valence-electron chi connectivity index (χ3n) is 3.79. The Morgan fingerprint density at radius 1 is 1.09 bits per heavy atom. The Balaban J connectivity index is 2.07. The predicted molar refractivity (Wildman–Crippen MR) is 81.4 cm³/mol. The number of hydrogen-bond donors (Lipinski definition) is 2. The van der Waals surface area contributed by atoms with Crippen LogP contribution in [0.1, 0.15) is 16.7 Å². The quantitative estimate of drug-likeness (QED) is 0.789. The molecule has 2 aromatic rings. The second-order valence-electron chi connectivity index (χ2n) is 5.21. The fourth-order valence-electron chi connectivity index (χ4n) is 2.69. The maximum Gasteiger partial charge on any atom is 0.416 e. The normalized spacial score (nSPS) is 20.6. The Morgan fingerprint density at radius 2 is 1.73 bits per heavy atom. The molecule has 1 unspecified atom stereocenters. The first kappa shape index (κ1) is 15.5. The van der Waals surface area contributed by atoms with Crippen molar-refractivity contribution in [2.45, 2.75) is 11.7 Å². The van der Waals surface area contributed by atoms with Crippen molar-refractivity contribution >= 4 is 28.9 Å². The highest BCUT2D eigenvalue weighted by Gasteiger charge is 2.39. The van der Waals surface area contributed by atoms with E-state index in [-0.39, 0.29) is 0 Å². The van der Waals surface area contributed by atoms with E-state index in [9.17, 15) is 13.2 Å². The van der Waals surface area contributed by atoms with E-state index in [0.29, 0.717) is 33.4 Å². The first-order valence-electron chi connectivity index (χ1n) is 6.42.